The van der Waals surface area contributed by atoms with Crippen LogP contribution in [0.15, 0.2) is 18.2 Å². The van der Waals surface area contributed by atoms with E-state index in [-0.39, 0.29) is 12.3 Å². The molecule has 2 aliphatic carbocycles. The maximum absolute atomic E-state index is 13.7. The quantitative estimate of drug-likeness (QED) is 0.812. The number of benzene rings is 1. The number of halogens is 2. The van der Waals surface area contributed by atoms with Gasteiger partial charge in [0.1, 0.15) is 11.6 Å². The van der Waals surface area contributed by atoms with Gasteiger partial charge < -0.3 is 9.80 Å². The summed E-state index contributed by atoms with van der Waals surface area (Å²) in [6.07, 6.45) is 5.22. The van der Waals surface area contributed by atoms with Gasteiger partial charge in [-0.3, -0.25) is 4.79 Å². The van der Waals surface area contributed by atoms with Crippen molar-refractivity contribution < 1.29 is 13.6 Å². The molecule has 0 N–H and O–H groups in total. The van der Waals surface area contributed by atoms with Gasteiger partial charge in [-0.15, -0.1) is 0 Å². The Morgan fingerprint density at radius 2 is 1.64 bits per heavy atom. The van der Waals surface area contributed by atoms with E-state index in [9.17, 15) is 13.6 Å². The molecule has 2 saturated carbocycles. The zero-order valence-electron chi connectivity index (χ0n) is 15.3. The second-order valence-electron chi connectivity index (χ2n) is 7.97. The summed E-state index contributed by atoms with van der Waals surface area (Å²) in [6.45, 7) is 0. The van der Waals surface area contributed by atoms with Crippen molar-refractivity contribution in [2.24, 2.45) is 11.8 Å². The Kier molecular flexibility index (Phi) is 5.42. The Morgan fingerprint density at radius 3 is 2.20 bits per heavy atom. The molecule has 2 unspecified atom stereocenters. The number of amides is 1. The summed E-state index contributed by atoms with van der Waals surface area (Å²) < 4.78 is 26.6. The van der Waals surface area contributed by atoms with E-state index in [2.05, 4.69) is 19.0 Å². The van der Waals surface area contributed by atoms with Crippen molar-refractivity contribution in [3.05, 3.63) is 35.4 Å². The Bertz CT molecular complexity index is 620. The fourth-order valence-corrected chi connectivity index (χ4v) is 4.64. The smallest absolute Gasteiger partial charge is 0.222 e. The van der Waals surface area contributed by atoms with Crippen LogP contribution in [0.4, 0.5) is 8.78 Å². The number of carbonyl (C=O) groups is 1. The fraction of sp³-hybridized carbons (Fsp3) is 0.650. The van der Waals surface area contributed by atoms with Crippen molar-refractivity contribution in [1.29, 1.82) is 0 Å². The molecule has 0 aromatic heterocycles. The molecule has 1 aromatic rings. The van der Waals surface area contributed by atoms with Crippen LogP contribution in [0.3, 0.4) is 0 Å². The Hall–Kier alpha value is -1.49. The SMILES string of the molecule is CN(C)C1C[C@@H]2CC(N(C)C(=O)CCc3ccc(F)cc3F)C[C@@H]2C1. The molecule has 0 saturated heterocycles. The second-order valence-corrected chi connectivity index (χ2v) is 7.97. The molecule has 0 aliphatic heterocycles. The minimum absolute atomic E-state index is 0.0536. The van der Waals surface area contributed by atoms with E-state index >= 15 is 0 Å². The van der Waals surface area contributed by atoms with Crippen molar-refractivity contribution in [3.63, 3.8) is 0 Å². The molecule has 0 spiro atoms. The highest BCUT2D eigenvalue weighted by molar-refractivity contribution is 5.76. The third-order valence-corrected chi connectivity index (χ3v) is 6.26. The summed E-state index contributed by atoms with van der Waals surface area (Å²) in [4.78, 5) is 16.7. The lowest BCUT2D eigenvalue weighted by molar-refractivity contribution is -0.131. The molecule has 0 radical (unpaired) electrons. The summed E-state index contributed by atoms with van der Waals surface area (Å²) in [6, 6.07) is 4.54. The first-order valence-corrected chi connectivity index (χ1v) is 9.21. The lowest BCUT2D eigenvalue weighted by atomic mass is 10.0. The highest BCUT2D eigenvalue weighted by Gasteiger charge is 2.43. The van der Waals surface area contributed by atoms with Gasteiger partial charge in [0.15, 0.2) is 0 Å². The van der Waals surface area contributed by atoms with Crippen molar-refractivity contribution in [1.82, 2.24) is 9.80 Å². The number of fused-ring (bicyclic) bond motifs is 1. The summed E-state index contributed by atoms with van der Waals surface area (Å²) in [5, 5.41) is 0. The average Bonchev–Trinajstić information content (AvgIpc) is 3.11. The summed E-state index contributed by atoms with van der Waals surface area (Å²) in [5.41, 5.74) is 0.403. The standard InChI is InChI=1S/C20H28F2N2O/c1-23(2)17-8-14-10-18(11-15(14)9-17)24(3)20(25)7-5-13-4-6-16(21)12-19(13)22/h4,6,12,14-15,17-18H,5,7-11H2,1-3H3/t14-,15+,17?,18?. The summed E-state index contributed by atoms with van der Waals surface area (Å²) in [7, 11) is 6.17. The molecular weight excluding hydrogens is 322 g/mol. The van der Waals surface area contributed by atoms with Crippen molar-refractivity contribution in [3.8, 4) is 0 Å². The van der Waals surface area contributed by atoms with E-state index in [1.54, 1.807) is 0 Å². The molecule has 0 heterocycles. The Labute approximate surface area is 149 Å². The molecule has 2 fully saturated rings. The van der Waals surface area contributed by atoms with Crippen LogP contribution < -0.4 is 0 Å². The Balaban J connectivity index is 1.50. The van der Waals surface area contributed by atoms with E-state index in [4.69, 9.17) is 0 Å². The van der Waals surface area contributed by atoms with Gasteiger partial charge in [-0.05, 0) is 69.7 Å². The van der Waals surface area contributed by atoms with E-state index in [1.807, 2.05) is 11.9 Å². The van der Waals surface area contributed by atoms with Crippen LogP contribution in [-0.4, -0.2) is 48.9 Å². The van der Waals surface area contributed by atoms with Gasteiger partial charge in [-0.2, -0.15) is 0 Å². The largest absolute Gasteiger partial charge is 0.343 e. The molecule has 0 bridgehead atoms. The van der Waals surface area contributed by atoms with Crippen LogP contribution >= 0.6 is 0 Å². The maximum Gasteiger partial charge on any atom is 0.222 e. The molecule has 1 amide bonds. The number of carbonyl (C=O) groups excluding carboxylic acids is 1. The first-order valence-electron chi connectivity index (χ1n) is 9.21. The van der Waals surface area contributed by atoms with Crippen LogP contribution in [0.25, 0.3) is 0 Å². The third-order valence-electron chi connectivity index (χ3n) is 6.26. The predicted molar refractivity (Wildman–Crippen MR) is 94.2 cm³/mol. The molecule has 4 atom stereocenters. The van der Waals surface area contributed by atoms with Gasteiger partial charge in [0.2, 0.25) is 5.91 Å². The molecule has 3 nitrogen and oxygen atoms in total. The molecule has 1 aromatic carbocycles. The second kappa shape index (κ2) is 7.40. The maximum atomic E-state index is 13.7. The molecule has 5 heteroatoms. The summed E-state index contributed by atoms with van der Waals surface area (Å²) in [5.74, 6) is 0.348. The zero-order chi connectivity index (χ0) is 18.1. The van der Waals surface area contributed by atoms with Crippen LogP contribution in [-0.2, 0) is 11.2 Å². The molecule has 138 valence electrons. The minimum atomic E-state index is -0.585. The number of hydrogen-bond acceptors (Lipinski definition) is 2. The molecule has 25 heavy (non-hydrogen) atoms. The first kappa shape index (κ1) is 18.3. The normalized spacial score (nSPS) is 28.4. The number of hydrogen-bond donors (Lipinski definition) is 0. The van der Waals surface area contributed by atoms with Crippen molar-refractivity contribution in [2.75, 3.05) is 21.1 Å². The van der Waals surface area contributed by atoms with Crippen LogP contribution in [0.5, 0.6) is 0 Å². The van der Waals surface area contributed by atoms with Crippen molar-refractivity contribution in [2.45, 2.75) is 50.6 Å². The molecule has 3 rings (SSSR count). The molecular formula is C20H28F2N2O. The Morgan fingerprint density at radius 1 is 1.04 bits per heavy atom. The van der Waals surface area contributed by atoms with E-state index in [1.165, 1.54) is 25.0 Å². The third kappa shape index (κ3) is 4.02. The average molecular weight is 350 g/mol. The first-order chi connectivity index (χ1) is 11.8. The lowest BCUT2D eigenvalue weighted by Crippen LogP contribution is -2.36. The van der Waals surface area contributed by atoms with Crippen LogP contribution in [0.2, 0.25) is 0 Å². The van der Waals surface area contributed by atoms with Gasteiger partial charge in [-0.1, -0.05) is 6.07 Å². The van der Waals surface area contributed by atoms with Gasteiger partial charge in [-0.25, -0.2) is 8.78 Å². The van der Waals surface area contributed by atoms with E-state index < -0.39 is 11.6 Å². The highest BCUT2D eigenvalue weighted by Crippen LogP contribution is 2.46. The van der Waals surface area contributed by atoms with Crippen LogP contribution in [0.1, 0.15) is 37.7 Å². The topological polar surface area (TPSA) is 23.6 Å². The minimum Gasteiger partial charge on any atom is -0.343 e. The van der Waals surface area contributed by atoms with Gasteiger partial charge in [0.05, 0.1) is 0 Å². The van der Waals surface area contributed by atoms with Crippen molar-refractivity contribution >= 4 is 5.91 Å². The predicted octanol–water partition coefficient (Wildman–Crippen LogP) is 3.47. The number of rotatable bonds is 5. The monoisotopic (exact) mass is 350 g/mol. The van der Waals surface area contributed by atoms with E-state index in [0.717, 1.165) is 30.7 Å². The highest BCUT2D eigenvalue weighted by atomic mass is 19.1. The molecule has 2 aliphatic rings. The van der Waals surface area contributed by atoms with Gasteiger partial charge in [0.25, 0.3) is 0 Å². The van der Waals surface area contributed by atoms with Gasteiger partial charge in [0, 0.05) is 31.6 Å². The number of aryl methyl sites for hydroxylation is 1. The summed E-state index contributed by atoms with van der Waals surface area (Å²) >= 11 is 0. The van der Waals surface area contributed by atoms with Crippen LogP contribution in [0, 0.1) is 23.5 Å². The van der Waals surface area contributed by atoms with Gasteiger partial charge >= 0.3 is 0 Å². The zero-order valence-corrected chi connectivity index (χ0v) is 15.3. The fourth-order valence-electron chi connectivity index (χ4n) is 4.64. The number of nitrogens with zero attached hydrogens (tertiary/aromatic N) is 2. The van der Waals surface area contributed by atoms with E-state index in [0.29, 0.717) is 24.1 Å². The lowest BCUT2D eigenvalue weighted by Gasteiger charge is -2.27.